The highest BCUT2D eigenvalue weighted by atomic mass is 35.5. The Balaban J connectivity index is 1.96. The lowest BCUT2D eigenvalue weighted by Gasteiger charge is -2.06. The molecule has 0 atom stereocenters. The average Bonchev–Trinajstić information content (AvgIpc) is 2.47. The maximum atomic E-state index is 13.5. The molecule has 2 nitrogen and oxygen atoms in total. The zero-order valence-electron chi connectivity index (χ0n) is 11.4. The summed E-state index contributed by atoms with van der Waals surface area (Å²) >= 11 is 5.81. The molecule has 0 spiro atoms. The van der Waals surface area contributed by atoms with Gasteiger partial charge in [0.15, 0.2) is 0 Å². The van der Waals surface area contributed by atoms with E-state index in [0.717, 1.165) is 11.1 Å². The Hall–Kier alpha value is -1.86. The molecule has 0 unspecified atom stereocenters. The molecule has 0 heterocycles. The first-order valence-corrected chi connectivity index (χ1v) is 6.86. The summed E-state index contributed by atoms with van der Waals surface area (Å²) in [5, 5.41) is 0.687. The summed E-state index contributed by atoms with van der Waals surface area (Å²) in [6, 6.07) is 12.0. The van der Waals surface area contributed by atoms with Crippen LogP contribution >= 0.6 is 11.6 Å². The van der Waals surface area contributed by atoms with Gasteiger partial charge in [-0.3, -0.25) is 0 Å². The normalized spacial score (nSPS) is 10.0. The Labute approximate surface area is 128 Å². The van der Waals surface area contributed by atoms with Crippen molar-refractivity contribution in [2.24, 2.45) is 5.73 Å². The van der Waals surface area contributed by atoms with Crippen LogP contribution in [0.4, 0.5) is 4.39 Å². The van der Waals surface area contributed by atoms with E-state index in [0.29, 0.717) is 23.8 Å². The first kappa shape index (κ1) is 15.5. The molecule has 108 valence electrons. The van der Waals surface area contributed by atoms with Gasteiger partial charge in [-0.05, 0) is 41.5 Å². The van der Waals surface area contributed by atoms with Crippen molar-refractivity contribution in [3.8, 4) is 11.8 Å². The van der Waals surface area contributed by atoms with Crippen molar-refractivity contribution >= 4 is 11.6 Å². The minimum Gasteiger partial charge on any atom is -0.372 e. The van der Waals surface area contributed by atoms with E-state index in [1.807, 2.05) is 24.3 Å². The molecule has 21 heavy (non-hydrogen) atoms. The topological polar surface area (TPSA) is 35.2 Å². The van der Waals surface area contributed by atoms with Gasteiger partial charge in [-0.25, -0.2) is 4.39 Å². The van der Waals surface area contributed by atoms with E-state index in [1.54, 1.807) is 6.07 Å². The molecule has 0 aliphatic heterocycles. The maximum Gasteiger partial charge on any atom is 0.124 e. The molecule has 0 saturated carbocycles. The summed E-state index contributed by atoms with van der Waals surface area (Å²) in [5.74, 6) is 5.19. The van der Waals surface area contributed by atoms with Gasteiger partial charge in [0.05, 0.1) is 19.8 Å². The highest BCUT2D eigenvalue weighted by molar-refractivity contribution is 6.30. The molecule has 0 aliphatic rings. The first-order valence-electron chi connectivity index (χ1n) is 6.48. The van der Waals surface area contributed by atoms with Gasteiger partial charge in [0, 0.05) is 10.6 Å². The van der Waals surface area contributed by atoms with E-state index in [-0.39, 0.29) is 12.4 Å². The van der Waals surface area contributed by atoms with Crippen LogP contribution < -0.4 is 5.73 Å². The fourth-order valence-corrected chi connectivity index (χ4v) is 1.95. The van der Waals surface area contributed by atoms with Crippen molar-refractivity contribution in [2.75, 3.05) is 6.54 Å². The van der Waals surface area contributed by atoms with E-state index in [9.17, 15) is 4.39 Å². The summed E-state index contributed by atoms with van der Waals surface area (Å²) in [4.78, 5) is 0. The molecular weight excluding hydrogens is 289 g/mol. The Bertz CT molecular complexity index is 659. The minimum atomic E-state index is -0.330. The molecular formula is C17H15ClFNO. The Morgan fingerprint density at radius 2 is 1.76 bits per heavy atom. The summed E-state index contributed by atoms with van der Waals surface area (Å²) in [6.45, 7) is 1.01. The van der Waals surface area contributed by atoms with Crippen LogP contribution in [0.1, 0.15) is 16.7 Å². The van der Waals surface area contributed by atoms with Crippen LogP contribution in [0.15, 0.2) is 42.5 Å². The lowest BCUT2D eigenvalue weighted by molar-refractivity contribution is 0.107. The Kier molecular flexibility index (Phi) is 5.77. The van der Waals surface area contributed by atoms with Gasteiger partial charge in [0.2, 0.25) is 0 Å². The molecule has 4 heteroatoms. The molecule has 2 rings (SSSR count). The number of hydrogen-bond acceptors (Lipinski definition) is 2. The smallest absolute Gasteiger partial charge is 0.124 e. The van der Waals surface area contributed by atoms with E-state index in [2.05, 4.69) is 11.8 Å². The second kappa shape index (κ2) is 7.80. The third-order valence-corrected chi connectivity index (χ3v) is 3.00. The van der Waals surface area contributed by atoms with Crippen LogP contribution in [-0.4, -0.2) is 6.54 Å². The highest BCUT2D eigenvalue weighted by Gasteiger charge is 2.01. The number of hydrogen-bond donors (Lipinski definition) is 1. The van der Waals surface area contributed by atoms with Crippen molar-refractivity contribution in [1.82, 2.24) is 0 Å². The SMILES string of the molecule is NCC#Cc1cc(F)cc(COCc2ccc(Cl)cc2)c1. The van der Waals surface area contributed by atoms with Crippen molar-refractivity contribution in [3.05, 3.63) is 70.0 Å². The molecule has 2 aromatic rings. The second-order valence-electron chi connectivity index (χ2n) is 4.47. The van der Waals surface area contributed by atoms with Crippen molar-refractivity contribution < 1.29 is 9.13 Å². The predicted octanol–water partition coefficient (Wildman–Crippen LogP) is 3.51. The Morgan fingerprint density at radius 3 is 2.48 bits per heavy atom. The van der Waals surface area contributed by atoms with Crippen LogP contribution in [0.25, 0.3) is 0 Å². The van der Waals surface area contributed by atoms with Gasteiger partial charge in [0.25, 0.3) is 0 Å². The van der Waals surface area contributed by atoms with Crippen molar-refractivity contribution in [2.45, 2.75) is 13.2 Å². The van der Waals surface area contributed by atoms with Crippen LogP contribution in [0, 0.1) is 17.7 Å². The summed E-state index contributed by atoms with van der Waals surface area (Å²) < 4.78 is 19.1. The predicted molar refractivity (Wildman–Crippen MR) is 82.3 cm³/mol. The molecule has 0 fully saturated rings. The molecule has 2 N–H and O–H groups in total. The van der Waals surface area contributed by atoms with Gasteiger partial charge in [-0.2, -0.15) is 0 Å². The number of halogens is 2. The lowest BCUT2D eigenvalue weighted by Crippen LogP contribution is -1.96. The van der Waals surface area contributed by atoms with Crippen LogP contribution in [0.5, 0.6) is 0 Å². The molecule has 0 radical (unpaired) electrons. The number of nitrogens with two attached hydrogens (primary N) is 1. The largest absolute Gasteiger partial charge is 0.372 e. The van der Waals surface area contributed by atoms with E-state index in [1.165, 1.54) is 12.1 Å². The molecule has 0 aromatic heterocycles. The standard InChI is InChI=1S/C17H15ClFNO/c18-16-5-3-13(4-6-16)11-21-12-15-8-14(2-1-7-20)9-17(19)10-15/h3-6,8-10H,7,11-12,20H2. The fourth-order valence-electron chi connectivity index (χ4n) is 1.83. The van der Waals surface area contributed by atoms with E-state index in [4.69, 9.17) is 22.1 Å². The van der Waals surface area contributed by atoms with Crippen LogP contribution in [-0.2, 0) is 18.0 Å². The molecule has 0 aliphatic carbocycles. The molecule has 0 amide bonds. The van der Waals surface area contributed by atoms with Crippen molar-refractivity contribution in [3.63, 3.8) is 0 Å². The quantitative estimate of drug-likeness (QED) is 0.877. The van der Waals surface area contributed by atoms with E-state index < -0.39 is 0 Å². The monoisotopic (exact) mass is 303 g/mol. The number of benzene rings is 2. The number of rotatable bonds is 4. The third kappa shape index (κ3) is 5.20. The van der Waals surface area contributed by atoms with Crippen molar-refractivity contribution in [1.29, 1.82) is 0 Å². The zero-order chi connectivity index (χ0) is 15.1. The molecule has 0 saturated heterocycles. The summed E-state index contributed by atoms with van der Waals surface area (Å²) in [7, 11) is 0. The maximum absolute atomic E-state index is 13.5. The van der Waals surface area contributed by atoms with E-state index >= 15 is 0 Å². The fraction of sp³-hybridized carbons (Fsp3) is 0.176. The van der Waals surface area contributed by atoms with Crippen LogP contribution in [0.2, 0.25) is 5.02 Å². The summed E-state index contributed by atoms with van der Waals surface area (Å²) in [6.07, 6.45) is 0. The van der Waals surface area contributed by atoms with Gasteiger partial charge in [-0.15, -0.1) is 0 Å². The highest BCUT2D eigenvalue weighted by Crippen LogP contribution is 2.13. The zero-order valence-corrected chi connectivity index (χ0v) is 12.2. The Morgan fingerprint density at radius 1 is 1.05 bits per heavy atom. The second-order valence-corrected chi connectivity index (χ2v) is 4.91. The lowest BCUT2D eigenvalue weighted by atomic mass is 10.1. The number of ether oxygens (including phenoxy) is 1. The summed E-state index contributed by atoms with van der Waals surface area (Å²) in [5.41, 5.74) is 7.66. The average molecular weight is 304 g/mol. The van der Waals surface area contributed by atoms with Crippen LogP contribution in [0.3, 0.4) is 0 Å². The molecule has 0 bridgehead atoms. The van der Waals surface area contributed by atoms with Gasteiger partial charge < -0.3 is 10.5 Å². The third-order valence-electron chi connectivity index (χ3n) is 2.74. The van der Waals surface area contributed by atoms with Gasteiger partial charge >= 0.3 is 0 Å². The first-order chi connectivity index (χ1) is 10.2. The van der Waals surface area contributed by atoms with Gasteiger partial charge in [-0.1, -0.05) is 35.6 Å². The minimum absolute atomic E-state index is 0.249. The molecule has 2 aromatic carbocycles. The van der Waals surface area contributed by atoms with Gasteiger partial charge in [0.1, 0.15) is 5.82 Å².